The second-order valence-corrected chi connectivity index (χ2v) is 3.67. The van der Waals surface area contributed by atoms with Gasteiger partial charge in [-0.2, -0.15) is 0 Å². The van der Waals surface area contributed by atoms with Gasteiger partial charge in [0.25, 0.3) is 0 Å². The molecule has 0 aromatic rings. The van der Waals surface area contributed by atoms with Crippen LogP contribution in [0.25, 0.3) is 0 Å². The normalized spacial score (nSPS) is 10.7. The molecule has 0 aliphatic rings. The molecule has 0 atom stereocenters. The molecule has 0 bridgehead atoms. The molecule has 7 heteroatoms. The fraction of sp³-hybridized carbons (Fsp3) is 0.167. The van der Waals surface area contributed by atoms with Crippen molar-refractivity contribution in [2.45, 2.75) is 20.8 Å². The first-order valence-corrected chi connectivity index (χ1v) is 6.88. The summed E-state index contributed by atoms with van der Waals surface area (Å²) in [6.07, 6.45) is 17.9. The van der Waals surface area contributed by atoms with Gasteiger partial charge in [0.1, 0.15) is 0 Å². The van der Waals surface area contributed by atoms with E-state index in [1.54, 1.807) is 36.5 Å². The summed E-state index contributed by atoms with van der Waals surface area (Å²) >= 11 is 0. The molecule has 0 aromatic carbocycles. The molecule has 0 aliphatic carbocycles. The zero-order valence-corrected chi connectivity index (χ0v) is 16.8. The Morgan fingerprint density at radius 2 is 0.720 bits per heavy atom. The second kappa shape index (κ2) is 27.3. The minimum atomic E-state index is -0.914. The first-order valence-electron chi connectivity index (χ1n) is 6.88. The van der Waals surface area contributed by atoms with Crippen LogP contribution in [-0.2, 0) is 14.4 Å². The molecule has 139 valence electrons. The van der Waals surface area contributed by atoms with Crippen LogP contribution in [0.15, 0.2) is 72.9 Å². The number of hydrogen-bond donors (Lipinski definition) is 3. The molecular weight excluding hydrogens is 464 g/mol. The van der Waals surface area contributed by atoms with Gasteiger partial charge in [0.05, 0.1) is 0 Å². The Balaban J connectivity index is -0.000000130. The van der Waals surface area contributed by atoms with Crippen molar-refractivity contribution in [1.82, 2.24) is 0 Å². The molecule has 0 saturated carbocycles. The summed E-state index contributed by atoms with van der Waals surface area (Å²) < 4.78 is 0. The van der Waals surface area contributed by atoms with Gasteiger partial charge >= 0.3 is 17.9 Å². The van der Waals surface area contributed by atoms with Crippen LogP contribution in [0.2, 0.25) is 0 Å². The van der Waals surface area contributed by atoms with Gasteiger partial charge in [0.2, 0.25) is 0 Å². The van der Waals surface area contributed by atoms with Gasteiger partial charge in [0.15, 0.2) is 0 Å². The van der Waals surface area contributed by atoms with E-state index in [2.05, 4.69) is 0 Å². The van der Waals surface area contributed by atoms with Crippen molar-refractivity contribution in [2.75, 3.05) is 0 Å². The Bertz CT molecular complexity index is 450. The van der Waals surface area contributed by atoms with Gasteiger partial charge in [-0.3, -0.25) is 0 Å². The van der Waals surface area contributed by atoms with Crippen molar-refractivity contribution < 1.29 is 79.1 Å². The summed E-state index contributed by atoms with van der Waals surface area (Å²) in [6.45, 7) is 5.48. The maximum absolute atomic E-state index is 9.75. The van der Waals surface area contributed by atoms with E-state index in [1.165, 1.54) is 18.2 Å². The van der Waals surface area contributed by atoms with Crippen molar-refractivity contribution in [3.63, 3.8) is 0 Å². The third-order valence-electron chi connectivity index (χ3n) is 1.63. The number of rotatable bonds is 6. The predicted molar refractivity (Wildman–Crippen MR) is 94.8 cm³/mol. The summed E-state index contributed by atoms with van der Waals surface area (Å²) in [7, 11) is 0. The van der Waals surface area contributed by atoms with Gasteiger partial charge in [-0.15, -0.1) is 0 Å². The predicted octanol–water partition coefficient (Wildman–Crippen LogP) is 3.61. The van der Waals surface area contributed by atoms with Gasteiger partial charge < -0.3 is 15.3 Å². The van der Waals surface area contributed by atoms with E-state index in [-0.39, 0.29) is 49.4 Å². The number of carbonyl (C=O) groups is 3. The Morgan fingerprint density at radius 3 is 0.840 bits per heavy atom. The van der Waals surface area contributed by atoms with E-state index in [0.717, 1.165) is 18.2 Å². The summed E-state index contributed by atoms with van der Waals surface area (Å²) in [6, 6.07) is 0. The minimum absolute atomic E-state index is 0. The fourth-order valence-corrected chi connectivity index (χ4v) is 0.747. The molecule has 0 aromatic heterocycles. The fourth-order valence-electron chi connectivity index (χ4n) is 0.747. The van der Waals surface area contributed by atoms with Crippen molar-refractivity contribution in [3.05, 3.63) is 72.9 Å². The molecular formula is C18H24EuO6. The molecule has 3 N–H and O–H groups in total. The molecule has 6 nitrogen and oxygen atoms in total. The molecule has 1 radical (unpaired) electrons. The summed E-state index contributed by atoms with van der Waals surface area (Å²) in [4.78, 5) is 29.3. The van der Waals surface area contributed by atoms with Crippen molar-refractivity contribution in [1.29, 1.82) is 0 Å². The SMILES string of the molecule is C/C=C/C=C/C(=O)O.C/C=C/C=C/C(=O)O.C/C=C/C=C/C(=O)O.[Eu]. The molecule has 0 saturated heterocycles. The Hall–Kier alpha value is -1.57. The number of hydrogen-bond acceptors (Lipinski definition) is 3. The monoisotopic (exact) mass is 489 g/mol. The first-order chi connectivity index (χ1) is 11.3. The van der Waals surface area contributed by atoms with Crippen molar-refractivity contribution >= 4 is 17.9 Å². The van der Waals surface area contributed by atoms with Gasteiger partial charge in [-0.05, 0) is 20.8 Å². The third-order valence-corrected chi connectivity index (χ3v) is 1.63. The maximum atomic E-state index is 9.75. The average Bonchev–Trinajstić information content (AvgIpc) is 2.48. The first kappa shape index (κ1) is 31.2. The van der Waals surface area contributed by atoms with E-state index in [0.29, 0.717) is 0 Å². The molecule has 0 aliphatic heterocycles. The van der Waals surface area contributed by atoms with Crippen LogP contribution < -0.4 is 0 Å². The van der Waals surface area contributed by atoms with Gasteiger partial charge in [0, 0.05) is 67.6 Å². The quantitative estimate of drug-likeness (QED) is 0.389. The Morgan fingerprint density at radius 1 is 0.520 bits per heavy atom. The molecule has 0 amide bonds. The molecule has 0 rings (SSSR count). The second-order valence-electron chi connectivity index (χ2n) is 3.67. The van der Waals surface area contributed by atoms with Gasteiger partial charge in [-0.1, -0.05) is 54.7 Å². The number of aliphatic carboxylic acids is 3. The largest absolute Gasteiger partial charge is 0.478 e. The zero-order chi connectivity index (χ0) is 19.2. The molecule has 0 spiro atoms. The van der Waals surface area contributed by atoms with E-state index >= 15 is 0 Å². The van der Waals surface area contributed by atoms with Crippen LogP contribution in [0.5, 0.6) is 0 Å². The van der Waals surface area contributed by atoms with Crippen LogP contribution in [0, 0.1) is 49.4 Å². The third kappa shape index (κ3) is 51.9. The van der Waals surface area contributed by atoms with E-state index in [4.69, 9.17) is 15.3 Å². The van der Waals surface area contributed by atoms with E-state index in [9.17, 15) is 14.4 Å². The smallest absolute Gasteiger partial charge is 0.328 e. The maximum Gasteiger partial charge on any atom is 0.328 e. The molecule has 0 heterocycles. The van der Waals surface area contributed by atoms with E-state index < -0.39 is 17.9 Å². The van der Waals surface area contributed by atoms with E-state index in [1.807, 2.05) is 20.8 Å². The zero-order valence-electron chi connectivity index (χ0n) is 14.4. The van der Waals surface area contributed by atoms with Crippen LogP contribution in [0.3, 0.4) is 0 Å². The van der Waals surface area contributed by atoms with Gasteiger partial charge in [-0.25, -0.2) is 14.4 Å². The number of allylic oxidation sites excluding steroid dienone is 9. The summed E-state index contributed by atoms with van der Waals surface area (Å²) in [5, 5.41) is 24.1. The number of carboxylic acids is 3. The average molecular weight is 488 g/mol. The van der Waals surface area contributed by atoms with Crippen LogP contribution in [0.4, 0.5) is 0 Å². The van der Waals surface area contributed by atoms with Crippen molar-refractivity contribution in [2.24, 2.45) is 0 Å². The Labute approximate surface area is 189 Å². The summed E-state index contributed by atoms with van der Waals surface area (Å²) in [5.74, 6) is -2.74. The van der Waals surface area contributed by atoms with Crippen LogP contribution in [-0.4, -0.2) is 33.2 Å². The van der Waals surface area contributed by atoms with Crippen LogP contribution in [0.1, 0.15) is 20.8 Å². The number of carboxylic acid groups (broad SMARTS) is 3. The summed E-state index contributed by atoms with van der Waals surface area (Å²) in [5.41, 5.74) is 0. The standard InChI is InChI=1S/3C6H8O2.Eu/c3*1-2-3-4-5-6(7)8;/h3*2-5H,1H3,(H,7,8);/b3*3-2+,5-4+;. The molecule has 0 fully saturated rings. The van der Waals surface area contributed by atoms with Crippen LogP contribution >= 0.6 is 0 Å². The minimum Gasteiger partial charge on any atom is -0.478 e. The van der Waals surface area contributed by atoms with Crippen molar-refractivity contribution in [3.8, 4) is 0 Å². The topological polar surface area (TPSA) is 112 Å². The molecule has 25 heavy (non-hydrogen) atoms. The molecule has 0 unspecified atom stereocenters. The Kier molecular flexibility index (Phi) is 34.1.